The molecule has 0 aliphatic heterocycles. The highest BCUT2D eigenvalue weighted by molar-refractivity contribution is 9.10. The predicted octanol–water partition coefficient (Wildman–Crippen LogP) is 4.35. The lowest BCUT2D eigenvalue weighted by Gasteiger charge is -2.33. The molecule has 0 aromatic heterocycles. The van der Waals surface area contributed by atoms with E-state index in [1.165, 1.54) is 18.9 Å². The summed E-state index contributed by atoms with van der Waals surface area (Å²) in [6, 6.07) is 5.35. The Morgan fingerprint density at radius 2 is 1.90 bits per heavy atom. The van der Waals surface area contributed by atoms with Crippen LogP contribution in [0.1, 0.15) is 45.2 Å². The molecule has 0 radical (unpaired) electrons. The van der Waals surface area contributed by atoms with Crippen molar-refractivity contribution in [3.8, 4) is 0 Å². The molecule has 1 aromatic rings. The molecular formula is C16H26BrFN2. The van der Waals surface area contributed by atoms with Crippen LogP contribution in [0.3, 0.4) is 0 Å². The normalized spacial score (nSPS) is 13.2. The summed E-state index contributed by atoms with van der Waals surface area (Å²) in [5.41, 5.74) is 7.05. The second kappa shape index (κ2) is 8.75. The first kappa shape index (κ1) is 17.6. The van der Waals surface area contributed by atoms with Gasteiger partial charge in [0.1, 0.15) is 5.82 Å². The lowest BCUT2D eigenvalue weighted by atomic mass is 9.99. The third-order valence-electron chi connectivity index (χ3n) is 4.05. The summed E-state index contributed by atoms with van der Waals surface area (Å²) in [7, 11) is 0. The molecule has 0 amide bonds. The fraction of sp³-hybridized carbons (Fsp3) is 0.625. The van der Waals surface area contributed by atoms with E-state index in [-0.39, 0.29) is 11.9 Å². The highest BCUT2D eigenvalue weighted by Gasteiger charge is 2.20. The Bertz CT molecular complexity index is 407. The largest absolute Gasteiger partial charge is 0.329 e. The number of benzene rings is 1. The van der Waals surface area contributed by atoms with E-state index < -0.39 is 0 Å². The molecule has 0 spiro atoms. The van der Waals surface area contributed by atoms with Crippen molar-refractivity contribution in [3.05, 3.63) is 34.1 Å². The van der Waals surface area contributed by atoms with Gasteiger partial charge in [-0.15, -0.1) is 0 Å². The molecule has 0 aliphatic rings. The minimum absolute atomic E-state index is 0.150. The Kier molecular flexibility index (Phi) is 7.70. The molecule has 2 nitrogen and oxygen atoms in total. The predicted molar refractivity (Wildman–Crippen MR) is 87.2 cm³/mol. The van der Waals surface area contributed by atoms with E-state index in [4.69, 9.17) is 5.73 Å². The van der Waals surface area contributed by atoms with Crippen LogP contribution in [0.25, 0.3) is 0 Å². The van der Waals surface area contributed by atoms with Gasteiger partial charge in [-0.25, -0.2) is 4.39 Å². The molecule has 1 aromatic carbocycles. The lowest BCUT2D eigenvalue weighted by molar-refractivity contribution is 0.174. The second-order valence-electron chi connectivity index (χ2n) is 5.20. The van der Waals surface area contributed by atoms with E-state index in [9.17, 15) is 4.39 Å². The van der Waals surface area contributed by atoms with Crippen molar-refractivity contribution < 1.29 is 4.39 Å². The summed E-state index contributed by atoms with van der Waals surface area (Å²) in [5, 5.41) is 0. The maximum atomic E-state index is 13.4. The summed E-state index contributed by atoms with van der Waals surface area (Å²) in [6.45, 7) is 9.16. The Morgan fingerprint density at radius 3 is 2.35 bits per heavy atom. The number of likely N-dealkylation sites (N-methyl/N-ethyl adjacent to an activating group) is 1. The number of halogens is 2. The Balaban J connectivity index is 2.93. The van der Waals surface area contributed by atoms with Crippen LogP contribution in [0.15, 0.2) is 22.7 Å². The number of rotatable bonds is 8. The third-order valence-corrected chi connectivity index (χ3v) is 4.65. The molecule has 1 rings (SSSR count). The van der Waals surface area contributed by atoms with E-state index in [0.717, 1.165) is 18.7 Å². The van der Waals surface area contributed by atoms with Crippen LogP contribution >= 0.6 is 15.9 Å². The Labute approximate surface area is 130 Å². The van der Waals surface area contributed by atoms with Gasteiger partial charge in [0.25, 0.3) is 0 Å². The SMILES string of the molecule is CCC(CC)CN(CC)C(CN)c1ccc(F)c(Br)c1. The standard InChI is InChI=1S/C16H26BrFN2/c1-4-12(5-2)11-20(6-3)16(10-19)13-7-8-15(18)14(17)9-13/h7-9,12,16H,4-6,10-11,19H2,1-3H3. The van der Waals surface area contributed by atoms with Crippen LogP contribution in [-0.4, -0.2) is 24.5 Å². The van der Waals surface area contributed by atoms with Crippen molar-refractivity contribution in [2.75, 3.05) is 19.6 Å². The Hall–Kier alpha value is -0.450. The second-order valence-corrected chi connectivity index (χ2v) is 6.05. The average Bonchev–Trinajstić information content (AvgIpc) is 2.46. The molecule has 0 heterocycles. The van der Waals surface area contributed by atoms with E-state index in [2.05, 4.69) is 41.6 Å². The molecule has 0 bridgehead atoms. The molecule has 114 valence electrons. The number of hydrogen-bond acceptors (Lipinski definition) is 2. The number of nitrogens with two attached hydrogens (primary N) is 1. The molecule has 2 N–H and O–H groups in total. The monoisotopic (exact) mass is 344 g/mol. The quantitative estimate of drug-likeness (QED) is 0.759. The highest BCUT2D eigenvalue weighted by Crippen LogP contribution is 2.26. The molecule has 1 unspecified atom stereocenters. The summed E-state index contributed by atoms with van der Waals surface area (Å²) < 4.78 is 13.9. The van der Waals surface area contributed by atoms with Gasteiger partial charge in [-0.3, -0.25) is 4.90 Å². The summed E-state index contributed by atoms with van der Waals surface area (Å²) >= 11 is 3.26. The number of hydrogen-bond donors (Lipinski definition) is 1. The zero-order valence-corrected chi connectivity index (χ0v) is 14.3. The van der Waals surface area contributed by atoms with Crippen LogP contribution < -0.4 is 5.73 Å². The van der Waals surface area contributed by atoms with Crippen LogP contribution in [0.2, 0.25) is 0 Å². The van der Waals surface area contributed by atoms with Crippen molar-refractivity contribution in [1.82, 2.24) is 4.90 Å². The summed E-state index contributed by atoms with van der Waals surface area (Å²) in [4.78, 5) is 2.40. The fourth-order valence-electron chi connectivity index (χ4n) is 2.57. The minimum atomic E-state index is -0.229. The zero-order valence-electron chi connectivity index (χ0n) is 12.7. The van der Waals surface area contributed by atoms with Crippen molar-refractivity contribution in [3.63, 3.8) is 0 Å². The molecule has 4 heteroatoms. The Morgan fingerprint density at radius 1 is 1.25 bits per heavy atom. The van der Waals surface area contributed by atoms with Crippen LogP contribution in [0.5, 0.6) is 0 Å². The first-order chi connectivity index (χ1) is 9.57. The summed E-state index contributed by atoms with van der Waals surface area (Å²) in [5.74, 6) is 0.459. The van der Waals surface area contributed by atoms with Crippen molar-refractivity contribution >= 4 is 15.9 Å². The van der Waals surface area contributed by atoms with Gasteiger partial charge in [-0.1, -0.05) is 39.7 Å². The molecule has 20 heavy (non-hydrogen) atoms. The molecule has 0 aliphatic carbocycles. The van der Waals surface area contributed by atoms with Gasteiger partial charge in [-0.2, -0.15) is 0 Å². The third kappa shape index (κ3) is 4.54. The highest BCUT2D eigenvalue weighted by atomic mass is 79.9. The van der Waals surface area contributed by atoms with Crippen LogP contribution in [0, 0.1) is 11.7 Å². The minimum Gasteiger partial charge on any atom is -0.329 e. The topological polar surface area (TPSA) is 29.3 Å². The molecule has 1 atom stereocenters. The first-order valence-electron chi connectivity index (χ1n) is 7.46. The smallest absolute Gasteiger partial charge is 0.137 e. The molecular weight excluding hydrogens is 319 g/mol. The fourth-order valence-corrected chi connectivity index (χ4v) is 2.97. The van der Waals surface area contributed by atoms with Gasteiger partial charge in [0.2, 0.25) is 0 Å². The van der Waals surface area contributed by atoms with Crippen molar-refractivity contribution in [2.24, 2.45) is 11.7 Å². The summed E-state index contributed by atoms with van der Waals surface area (Å²) in [6.07, 6.45) is 2.36. The van der Waals surface area contributed by atoms with Gasteiger partial charge in [0.15, 0.2) is 0 Å². The molecule has 0 saturated heterocycles. The van der Waals surface area contributed by atoms with E-state index in [1.54, 1.807) is 0 Å². The molecule has 0 saturated carbocycles. The van der Waals surface area contributed by atoms with Gasteiger partial charge >= 0.3 is 0 Å². The van der Waals surface area contributed by atoms with Crippen LogP contribution in [0.4, 0.5) is 4.39 Å². The molecule has 0 fully saturated rings. The lowest BCUT2D eigenvalue weighted by Crippen LogP contribution is -2.37. The average molecular weight is 345 g/mol. The van der Waals surface area contributed by atoms with Crippen molar-refractivity contribution in [2.45, 2.75) is 39.7 Å². The van der Waals surface area contributed by atoms with Gasteiger partial charge in [0, 0.05) is 19.1 Å². The van der Waals surface area contributed by atoms with Crippen molar-refractivity contribution in [1.29, 1.82) is 0 Å². The maximum Gasteiger partial charge on any atom is 0.137 e. The van der Waals surface area contributed by atoms with E-state index in [0.29, 0.717) is 16.9 Å². The number of nitrogens with zero attached hydrogens (tertiary/aromatic N) is 1. The van der Waals surface area contributed by atoms with E-state index in [1.807, 2.05) is 12.1 Å². The van der Waals surface area contributed by atoms with Gasteiger partial charge in [-0.05, 0) is 46.1 Å². The zero-order chi connectivity index (χ0) is 15.1. The van der Waals surface area contributed by atoms with Gasteiger partial charge in [0.05, 0.1) is 4.47 Å². The maximum absolute atomic E-state index is 13.4. The van der Waals surface area contributed by atoms with Crippen LogP contribution in [-0.2, 0) is 0 Å². The van der Waals surface area contributed by atoms with E-state index >= 15 is 0 Å². The first-order valence-corrected chi connectivity index (χ1v) is 8.25. The van der Waals surface area contributed by atoms with Gasteiger partial charge < -0.3 is 5.73 Å².